The lowest BCUT2D eigenvalue weighted by Gasteiger charge is -2.20. The topological polar surface area (TPSA) is 51.4 Å². The average molecular weight is 267 g/mol. The number of methoxy groups -OCH3 is 1. The third-order valence-corrected chi connectivity index (χ3v) is 2.65. The Hall–Kier alpha value is -1.20. The van der Waals surface area contributed by atoms with E-state index in [1.54, 1.807) is 7.11 Å². The highest BCUT2D eigenvalue weighted by Gasteiger charge is 2.08. The van der Waals surface area contributed by atoms with Crippen LogP contribution in [0.15, 0.2) is 12.1 Å². The van der Waals surface area contributed by atoms with Gasteiger partial charge in [-0.1, -0.05) is 19.1 Å². The summed E-state index contributed by atoms with van der Waals surface area (Å²) in [6.07, 6.45) is 1.06. The van der Waals surface area contributed by atoms with Gasteiger partial charge in [-0.2, -0.15) is 0 Å². The molecule has 18 heavy (non-hydrogen) atoms. The normalized spacial score (nSPS) is 10.7. The summed E-state index contributed by atoms with van der Waals surface area (Å²) < 4.78 is 5.25. The first-order chi connectivity index (χ1) is 8.55. The molecule has 1 aromatic heterocycles. The van der Waals surface area contributed by atoms with Gasteiger partial charge in [-0.3, -0.25) is 9.88 Å². The van der Waals surface area contributed by atoms with Gasteiger partial charge in [0, 0.05) is 30.9 Å². The van der Waals surface area contributed by atoms with E-state index in [0.29, 0.717) is 11.5 Å². The van der Waals surface area contributed by atoms with E-state index in [4.69, 9.17) is 22.7 Å². The Balaban J connectivity index is 2.78. The van der Waals surface area contributed by atoms with Crippen LogP contribution in [-0.2, 0) is 6.54 Å². The maximum atomic E-state index is 5.61. The quantitative estimate of drug-likeness (QED) is 0.765. The summed E-state index contributed by atoms with van der Waals surface area (Å²) in [6.45, 7) is 6.42. The molecule has 0 aliphatic rings. The number of hydrogen-bond donors (Lipinski definition) is 1. The maximum absolute atomic E-state index is 5.61. The molecule has 1 heterocycles. The summed E-state index contributed by atoms with van der Waals surface area (Å²) in [4.78, 5) is 7.22. The van der Waals surface area contributed by atoms with Crippen molar-refractivity contribution in [2.45, 2.75) is 26.8 Å². The van der Waals surface area contributed by atoms with Crippen LogP contribution >= 0.6 is 12.2 Å². The number of aromatic nitrogens is 1. The molecular weight excluding hydrogens is 246 g/mol. The Morgan fingerprint density at radius 2 is 2.22 bits per heavy atom. The number of thiocarbonyl (C=S) groups is 1. The van der Waals surface area contributed by atoms with Gasteiger partial charge in [0.1, 0.15) is 5.75 Å². The van der Waals surface area contributed by atoms with Crippen LogP contribution in [0.2, 0.25) is 0 Å². The summed E-state index contributed by atoms with van der Waals surface area (Å²) in [7, 11) is 1.66. The molecule has 0 atom stereocenters. The lowest BCUT2D eigenvalue weighted by molar-refractivity contribution is 0.299. The minimum absolute atomic E-state index is 0.517. The van der Waals surface area contributed by atoms with E-state index in [-0.39, 0.29) is 0 Å². The van der Waals surface area contributed by atoms with Crippen molar-refractivity contribution in [2.75, 3.05) is 20.2 Å². The minimum Gasteiger partial charge on any atom is -0.497 e. The Labute approximate surface area is 114 Å². The molecule has 1 aromatic rings. The van der Waals surface area contributed by atoms with Crippen LogP contribution in [0.1, 0.15) is 24.7 Å². The highest BCUT2D eigenvalue weighted by atomic mass is 32.1. The summed E-state index contributed by atoms with van der Waals surface area (Å²) in [5.74, 6) is 0.837. The van der Waals surface area contributed by atoms with Crippen molar-refractivity contribution in [3.8, 4) is 5.75 Å². The van der Waals surface area contributed by atoms with Gasteiger partial charge >= 0.3 is 0 Å². The van der Waals surface area contributed by atoms with Gasteiger partial charge in [-0.15, -0.1) is 0 Å². The molecule has 2 N–H and O–H groups in total. The third-order valence-electron chi connectivity index (χ3n) is 2.52. The molecule has 0 saturated heterocycles. The molecule has 0 radical (unpaired) electrons. The summed E-state index contributed by atoms with van der Waals surface area (Å²) in [5.41, 5.74) is 7.55. The SMILES string of the molecule is CCCN(CC(N)=S)Cc1cc(OC)cc(C)n1. The monoisotopic (exact) mass is 267 g/mol. The van der Waals surface area contributed by atoms with E-state index < -0.39 is 0 Å². The van der Waals surface area contributed by atoms with E-state index >= 15 is 0 Å². The molecule has 5 heteroatoms. The first-order valence-electron chi connectivity index (χ1n) is 6.07. The zero-order chi connectivity index (χ0) is 13.5. The second-order valence-electron chi connectivity index (χ2n) is 4.32. The van der Waals surface area contributed by atoms with Gasteiger partial charge in [0.05, 0.1) is 17.8 Å². The Kier molecular flexibility index (Phi) is 6.01. The van der Waals surface area contributed by atoms with E-state index in [2.05, 4.69) is 16.8 Å². The van der Waals surface area contributed by atoms with Gasteiger partial charge in [-0.25, -0.2) is 0 Å². The molecule has 0 amide bonds. The maximum Gasteiger partial charge on any atom is 0.122 e. The number of pyridine rings is 1. The zero-order valence-electron chi connectivity index (χ0n) is 11.3. The van der Waals surface area contributed by atoms with E-state index in [0.717, 1.165) is 36.6 Å². The van der Waals surface area contributed by atoms with Gasteiger partial charge < -0.3 is 10.5 Å². The molecule has 0 bridgehead atoms. The summed E-state index contributed by atoms with van der Waals surface area (Å²) in [6, 6.07) is 3.87. The molecule has 0 aliphatic carbocycles. The predicted octanol–water partition coefficient (Wildman–Crippen LogP) is 1.90. The van der Waals surface area contributed by atoms with Gasteiger partial charge in [0.25, 0.3) is 0 Å². The highest BCUT2D eigenvalue weighted by molar-refractivity contribution is 7.80. The van der Waals surface area contributed by atoms with Gasteiger partial charge in [0.2, 0.25) is 0 Å². The minimum atomic E-state index is 0.517. The van der Waals surface area contributed by atoms with Crippen molar-refractivity contribution in [1.29, 1.82) is 0 Å². The first kappa shape index (κ1) is 14.9. The fourth-order valence-electron chi connectivity index (χ4n) is 1.88. The molecule has 0 aromatic carbocycles. The lowest BCUT2D eigenvalue weighted by Crippen LogP contribution is -2.33. The van der Waals surface area contributed by atoms with Crippen molar-refractivity contribution < 1.29 is 4.74 Å². The zero-order valence-corrected chi connectivity index (χ0v) is 12.1. The molecule has 0 fully saturated rings. The van der Waals surface area contributed by atoms with Gasteiger partial charge in [0.15, 0.2) is 0 Å². The number of nitrogens with zero attached hydrogens (tertiary/aromatic N) is 2. The number of hydrogen-bond acceptors (Lipinski definition) is 4. The second kappa shape index (κ2) is 7.28. The standard InChI is InChI=1S/C13H21N3OS/c1-4-5-16(9-13(14)18)8-11-7-12(17-3)6-10(2)15-11/h6-7H,4-5,8-9H2,1-3H3,(H2,14,18). The largest absolute Gasteiger partial charge is 0.497 e. The summed E-state index contributed by atoms with van der Waals surface area (Å²) >= 11 is 4.97. The van der Waals surface area contributed by atoms with Crippen molar-refractivity contribution >= 4 is 17.2 Å². The number of aryl methyl sites for hydroxylation is 1. The van der Waals surface area contributed by atoms with Crippen molar-refractivity contribution in [1.82, 2.24) is 9.88 Å². The van der Waals surface area contributed by atoms with Crippen LogP contribution in [0, 0.1) is 6.92 Å². The number of ether oxygens (including phenoxy) is 1. The van der Waals surface area contributed by atoms with Crippen molar-refractivity contribution in [2.24, 2.45) is 5.73 Å². The number of nitrogens with two attached hydrogens (primary N) is 1. The lowest BCUT2D eigenvalue weighted by atomic mass is 10.2. The molecule has 0 spiro atoms. The van der Waals surface area contributed by atoms with Crippen LogP contribution in [0.5, 0.6) is 5.75 Å². The molecule has 100 valence electrons. The second-order valence-corrected chi connectivity index (χ2v) is 4.84. The van der Waals surface area contributed by atoms with Crippen LogP contribution in [0.3, 0.4) is 0 Å². The van der Waals surface area contributed by atoms with Crippen LogP contribution in [-0.4, -0.2) is 35.1 Å². The van der Waals surface area contributed by atoms with Gasteiger partial charge in [-0.05, 0) is 19.9 Å². The molecule has 0 unspecified atom stereocenters. The third kappa shape index (κ3) is 4.98. The predicted molar refractivity (Wildman–Crippen MR) is 77.9 cm³/mol. The fourth-order valence-corrected chi connectivity index (χ4v) is 2.06. The average Bonchev–Trinajstić information content (AvgIpc) is 2.27. The fraction of sp³-hybridized carbons (Fsp3) is 0.538. The summed E-state index contributed by atoms with van der Waals surface area (Å²) in [5, 5.41) is 0. The Morgan fingerprint density at radius 3 is 2.78 bits per heavy atom. The van der Waals surface area contributed by atoms with E-state index in [1.165, 1.54) is 0 Å². The Bertz CT molecular complexity index is 409. The Morgan fingerprint density at radius 1 is 1.50 bits per heavy atom. The molecule has 4 nitrogen and oxygen atoms in total. The number of rotatable bonds is 7. The molecule has 1 rings (SSSR count). The van der Waals surface area contributed by atoms with Crippen LogP contribution < -0.4 is 10.5 Å². The smallest absolute Gasteiger partial charge is 0.122 e. The van der Waals surface area contributed by atoms with Crippen molar-refractivity contribution in [3.05, 3.63) is 23.5 Å². The molecular formula is C13H21N3OS. The first-order valence-corrected chi connectivity index (χ1v) is 6.48. The van der Waals surface area contributed by atoms with E-state index in [9.17, 15) is 0 Å². The van der Waals surface area contributed by atoms with Crippen molar-refractivity contribution in [3.63, 3.8) is 0 Å². The molecule has 0 saturated carbocycles. The highest BCUT2D eigenvalue weighted by Crippen LogP contribution is 2.14. The van der Waals surface area contributed by atoms with Crippen LogP contribution in [0.25, 0.3) is 0 Å². The molecule has 0 aliphatic heterocycles. The van der Waals surface area contributed by atoms with E-state index in [1.807, 2.05) is 19.1 Å². The van der Waals surface area contributed by atoms with Crippen LogP contribution in [0.4, 0.5) is 0 Å².